The number of hydrogen-bond donors (Lipinski definition) is 0. The van der Waals surface area contributed by atoms with Gasteiger partial charge in [0.2, 0.25) is 11.8 Å². The molecule has 0 saturated heterocycles. The maximum Gasteiger partial charge on any atom is 0.363 e. The Hall–Kier alpha value is -4.68. The first kappa shape index (κ1) is 28.8. The standard InChI is InChI=1S/C30H18Br2N2O8/c1-15(35)39-25-8-6-17(10-21(25)31)12-23-29(37)41-27(33-23)19-4-3-5-20(14-19)28-34-24(30(38)42-28)13-18-7-9-26(22(32)11-18)40-16(2)36/h3-14H,1-2H3/b23-12+,24-13+. The van der Waals surface area contributed by atoms with Crippen molar-refractivity contribution in [1.29, 1.82) is 0 Å². The Labute approximate surface area is 255 Å². The minimum absolute atomic E-state index is 0.0714. The molecule has 0 amide bonds. The molecule has 3 aromatic carbocycles. The number of cyclic esters (lactones) is 2. The van der Waals surface area contributed by atoms with Crippen molar-refractivity contribution in [1.82, 2.24) is 0 Å². The lowest BCUT2D eigenvalue weighted by Crippen LogP contribution is -2.09. The van der Waals surface area contributed by atoms with Gasteiger partial charge in [-0.2, -0.15) is 0 Å². The van der Waals surface area contributed by atoms with E-state index in [1.165, 1.54) is 13.8 Å². The monoisotopic (exact) mass is 692 g/mol. The predicted molar refractivity (Wildman–Crippen MR) is 159 cm³/mol. The summed E-state index contributed by atoms with van der Waals surface area (Å²) in [6.07, 6.45) is 3.08. The van der Waals surface area contributed by atoms with Crippen LogP contribution >= 0.6 is 31.9 Å². The van der Waals surface area contributed by atoms with Crippen LogP contribution in [-0.4, -0.2) is 35.7 Å². The van der Waals surface area contributed by atoms with Gasteiger partial charge in [0.25, 0.3) is 0 Å². The largest absolute Gasteiger partial charge is 0.426 e. The third-order valence-corrected chi connectivity index (χ3v) is 6.86. The molecule has 0 aromatic heterocycles. The topological polar surface area (TPSA) is 130 Å². The summed E-state index contributed by atoms with van der Waals surface area (Å²) in [5.74, 6) is -1.36. The van der Waals surface area contributed by atoms with Crippen molar-refractivity contribution < 1.29 is 38.1 Å². The average molecular weight is 694 g/mol. The molecule has 3 aromatic rings. The summed E-state index contributed by atoms with van der Waals surface area (Å²) in [6, 6.07) is 16.6. The van der Waals surface area contributed by atoms with E-state index in [1.54, 1.807) is 72.8 Å². The Morgan fingerprint density at radius 3 is 1.50 bits per heavy atom. The highest BCUT2D eigenvalue weighted by molar-refractivity contribution is 9.11. The summed E-state index contributed by atoms with van der Waals surface area (Å²) in [5, 5.41) is 0. The Balaban J connectivity index is 1.37. The van der Waals surface area contributed by atoms with Crippen molar-refractivity contribution in [3.8, 4) is 11.5 Å². The molecule has 210 valence electrons. The van der Waals surface area contributed by atoms with E-state index in [4.69, 9.17) is 18.9 Å². The van der Waals surface area contributed by atoms with E-state index >= 15 is 0 Å². The van der Waals surface area contributed by atoms with Crippen LogP contribution in [0.5, 0.6) is 11.5 Å². The number of hydrogen-bond acceptors (Lipinski definition) is 10. The number of halogens is 2. The van der Waals surface area contributed by atoms with Gasteiger partial charge in [0.1, 0.15) is 11.5 Å². The van der Waals surface area contributed by atoms with Gasteiger partial charge in [-0.05, 0) is 97.6 Å². The molecule has 0 spiro atoms. The van der Waals surface area contributed by atoms with Crippen LogP contribution in [-0.2, 0) is 28.7 Å². The highest BCUT2D eigenvalue weighted by atomic mass is 79.9. The normalized spacial score (nSPS) is 16.2. The highest BCUT2D eigenvalue weighted by Crippen LogP contribution is 2.30. The van der Waals surface area contributed by atoms with Gasteiger partial charge < -0.3 is 18.9 Å². The molecule has 0 aliphatic carbocycles. The van der Waals surface area contributed by atoms with Crippen molar-refractivity contribution in [2.75, 3.05) is 0 Å². The maximum absolute atomic E-state index is 12.5. The number of rotatable bonds is 6. The maximum atomic E-state index is 12.5. The highest BCUT2D eigenvalue weighted by Gasteiger charge is 2.27. The second-order valence-electron chi connectivity index (χ2n) is 8.82. The fraction of sp³-hybridized carbons (Fsp3) is 0.0667. The number of carbonyl (C=O) groups is 4. The van der Waals surface area contributed by atoms with Gasteiger partial charge in [-0.1, -0.05) is 18.2 Å². The molecule has 10 nitrogen and oxygen atoms in total. The van der Waals surface area contributed by atoms with Crippen LogP contribution in [0.4, 0.5) is 0 Å². The second-order valence-corrected chi connectivity index (χ2v) is 10.5. The predicted octanol–water partition coefficient (Wildman–Crippen LogP) is 5.75. The zero-order valence-corrected chi connectivity index (χ0v) is 25.0. The summed E-state index contributed by atoms with van der Waals surface area (Å²) < 4.78 is 22.0. The first-order valence-electron chi connectivity index (χ1n) is 12.2. The van der Waals surface area contributed by atoms with E-state index in [0.717, 1.165) is 0 Å². The lowest BCUT2D eigenvalue weighted by Gasteiger charge is -2.04. The minimum Gasteiger partial charge on any atom is -0.426 e. The summed E-state index contributed by atoms with van der Waals surface area (Å²) in [5.41, 5.74) is 2.34. The Kier molecular flexibility index (Phi) is 8.27. The number of carbonyl (C=O) groups excluding carboxylic acids is 4. The first-order valence-corrected chi connectivity index (χ1v) is 13.8. The lowest BCUT2D eigenvalue weighted by atomic mass is 10.1. The van der Waals surface area contributed by atoms with Gasteiger partial charge in [-0.3, -0.25) is 9.59 Å². The molecule has 42 heavy (non-hydrogen) atoms. The zero-order valence-electron chi connectivity index (χ0n) is 21.8. The number of nitrogens with zero attached hydrogens (tertiary/aromatic N) is 2. The molecule has 2 heterocycles. The molecule has 0 atom stereocenters. The molecular formula is C30H18Br2N2O8. The van der Waals surface area contributed by atoms with Crippen molar-refractivity contribution >= 4 is 79.7 Å². The molecule has 0 N–H and O–H groups in total. The quantitative estimate of drug-likeness (QED) is 0.181. The minimum atomic E-state index is -0.642. The Morgan fingerprint density at radius 2 is 1.12 bits per heavy atom. The van der Waals surface area contributed by atoms with E-state index in [-0.39, 0.29) is 23.2 Å². The van der Waals surface area contributed by atoms with Crippen molar-refractivity contribution in [2.45, 2.75) is 13.8 Å². The Morgan fingerprint density at radius 1 is 0.690 bits per heavy atom. The molecule has 5 rings (SSSR count). The van der Waals surface area contributed by atoms with E-state index in [2.05, 4.69) is 41.8 Å². The van der Waals surface area contributed by atoms with Crippen LogP contribution in [0.25, 0.3) is 12.2 Å². The fourth-order valence-corrected chi connectivity index (χ4v) is 4.81. The molecule has 2 aliphatic rings. The smallest absolute Gasteiger partial charge is 0.363 e. The SMILES string of the molecule is CC(=O)Oc1ccc(/C=C2/N=C(c3cccc(C4=N/C(=C/c5ccc(OC(C)=O)c(Br)c5)C(=O)O4)c3)OC2=O)cc1Br. The number of aliphatic imine (C=N–C) groups is 2. The number of esters is 4. The van der Waals surface area contributed by atoms with E-state index in [1.807, 2.05) is 0 Å². The average Bonchev–Trinajstić information content (AvgIpc) is 3.48. The molecule has 0 saturated carbocycles. The molecule has 2 aliphatic heterocycles. The van der Waals surface area contributed by atoms with E-state index in [0.29, 0.717) is 42.7 Å². The van der Waals surface area contributed by atoms with E-state index in [9.17, 15) is 19.2 Å². The first-order chi connectivity index (χ1) is 20.0. The van der Waals surface area contributed by atoms with Gasteiger partial charge in [0, 0.05) is 25.0 Å². The van der Waals surface area contributed by atoms with Gasteiger partial charge in [-0.25, -0.2) is 19.6 Å². The van der Waals surface area contributed by atoms with Crippen LogP contribution in [0.3, 0.4) is 0 Å². The summed E-state index contributed by atoms with van der Waals surface area (Å²) in [7, 11) is 0. The van der Waals surface area contributed by atoms with E-state index < -0.39 is 23.9 Å². The van der Waals surface area contributed by atoms with Crippen molar-refractivity contribution in [2.24, 2.45) is 9.98 Å². The molecule has 0 fully saturated rings. The summed E-state index contributed by atoms with van der Waals surface area (Å²) in [4.78, 5) is 56.2. The molecule has 12 heteroatoms. The summed E-state index contributed by atoms with van der Waals surface area (Å²) in [6.45, 7) is 2.60. The van der Waals surface area contributed by atoms with Gasteiger partial charge >= 0.3 is 23.9 Å². The molecular weight excluding hydrogens is 676 g/mol. The Bertz CT molecular complexity index is 1680. The fourth-order valence-electron chi connectivity index (χ4n) is 3.86. The number of benzene rings is 3. The van der Waals surface area contributed by atoms with Crippen LogP contribution < -0.4 is 9.47 Å². The molecule has 0 bridgehead atoms. The van der Waals surface area contributed by atoms with Crippen LogP contribution in [0.15, 0.2) is 91.0 Å². The van der Waals surface area contributed by atoms with Gasteiger partial charge in [0.15, 0.2) is 11.4 Å². The third-order valence-electron chi connectivity index (χ3n) is 5.62. The van der Waals surface area contributed by atoms with Gasteiger partial charge in [-0.15, -0.1) is 0 Å². The van der Waals surface area contributed by atoms with Crippen molar-refractivity contribution in [3.63, 3.8) is 0 Å². The van der Waals surface area contributed by atoms with Crippen molar-refractivity contribution in [3.05, 3.63) is 103 Å². The molecule has 0 unspecified atom stereocenters. The molecule has 0 radical (unpaired) electrons. The number of ether oxygens (including phenoxy) is 4. The van der Waals surface area contributed by atoms with Crippen LogP contribution in [0, 0.1) is 0 Å². The summed E-state index contributed by atoms with van der Waals surface area (Å²) >= 11 is 6.68. The van der Waals surface area contributed by atoms with Crippen LogP contribution in [0.1, 0.15) is 36.1 Å². The second kappa shape index (κ2) is 12.0. The lowest BCUT2D eigenvalue weighted by molar-refractivity contribution is -0.132. The van der Waals surface area contributed by atoms with Gasteiger partial charge in [0.05, 0.1) is 8.95 Å². The third kappa shape index (κ3) is 6.61. The zero-order chi connectivity index (χ0) is 30.0. The van der Waals surface area contributed by atoms with Crippen LogP contribution in [0.2, 0.25) is 0 Å².